The quantitative estimate of drug-likeness (QED) is 0.685. The molecule has 0 heterocycles. The van der Waals surface area contributed by atoms with Gasteiger partial charge in [-0.15, -0.1) is 0 Å². The summed E-state index contributed by atoms with van der Waals surface area (Å²) in [5.41, 5.74) is 1.64. The highest BCUT2D eigenvalue weighted by atomic mass is 16.5. The molecule has 2 aromatic rings. The van der Waals surface area contributed by atoms with Crippen LogP contribution in [0.4, 0.5) is 0 Å². The predicted octanol–water partition coefficient (Wildman–Crippen LogP) is 3.78. The lowest BCUT2D eigenvalue weighted by molar-refractivity contribution is -0.156. The summed E-state index contributed by atoms with van der Waals surface area (Å²) in [7, 11) is 0. The van der Waals surface area contributed by atoms with Crippen LogP contribution in [0, 0.1) is 5.41 Å². The lowest BCUT2D eigenvalue weighted by Gasteiger charge is -2.35. The van der Waals surface area contributed by atoms with Gasteiger partial charge in [0.25, 0.3) is 0 Å². The number of benzene rings is 2. The second-order valence-electron chi connectivity index (χ2n) is 7.44. The van der Waals surface area contributed by atoms with Gasteiger partial charge < -0.3 is 9.84 Å². The molecule has 2 aromatic carbocycles. The molecule has 4 nitrogen and oxygen atoms in total. The van der Waals surface area contributed by atoms with E-state index in [1.807, 2.05) is 43.3 Å². The molecular formula is C23H29NO3. The van der Waals surface area contributed by atoms with Crippen LogP contribution >= 0.6 is 0 Å². The van der Waals surface area contributed by atoms with E-state index in [1.54, 1.807) is 6.92 Å². The number of esters is 1. The van der Waals surface area contributed by atoms with Crippen LogP contribution < -0.4 is 0 Å². The molecule has 0 saturated heterocycles. The Morgan fingerprint density at radius 1 is 1.04 bits per heavy atom. The van der Waals surface area contributed by atoms with Gasteiger partial charge in [-0.1, -0.05) is 60.7 Å². The number of aliphatic hydroxyl groups is 1. The Balaban J connectivity index is 1.79. The van der Waals surface area contributed by atoms with Crippen LogP contribution in [0.5, 0.6) is 0 Å². The van der Waals surface area contributed by atoms with E-state index in [0.29, 0.717) is 32.5 Å². The standard InChI is InChI=1S/C23H29NO3/c1-3-27-22(26)23(14-15-23)21(25)18(2)24(16-19-10-6-4-7-11-19)17-20-12-8-5-9-13-20/h4-13,18,21,25H,3,14-17H2,1-2H3. The molecule has 1 aliphatic carbocycles. The SMILES string of the molecule is CCOC(=O)C1(C(O)C(C)N(Cc2ccccc2)Cc2ccccc2)CC1. The maximum Gasteiger partial charge on any atom is 0.314 e. The molecule has 1 saturated carbocycles. The number of ether oxygens (including phenoxy) is 1. The number of nitrogens with zero attached hydrogens (tertiary/aromatic N) is 1. The van der Waals surface area contributed by atoms with E-state index in [9.17, 15) is 9.90 Å². The third-order valence-electron chi connectivity index (χ3n) is 5.53. The first-order valence-corrected chi connectivity index (χ1v) is 9.74. The van der Waals surface area contributed by atoms with Crippen molar-refractivity contribution >= 4 is 5.97 Å². The molecule has 0 amide bonds. The van der Waals surface area contributed by atoms with Crippen molar-refractivity contribution in [1.29, 1.82) is 0 Å². The summed E-state index contributed by atoms with van der Waals surface area (Å²) in [4.78, 5) is 14.7. The highest BCUT2D eigenvalue weighted by Gasteiger charge is 2.58. The van der Waals surface area contributed by atoms with E-state index in [-0.39, 0.29) is 12.0 Å². The first kappa shape index (κ1) is 19.6. The van der Waals surface area contributed by atoms with Crippen LogP contribution in [0.2, 0.25) is 0 Å². The fourth-order valence-corrected chi connectivity index (χ4v) is 3.67. The first-order chi connectivity index (χ1) is 13.1. The minimum atomic E-state index is -0.746. The van der Waals surface area contributed by atoms with Crippen molar-refractivity contribution in [3.63, 3.8) is 0 Å². The monoisotopic (exact) mass is 367 g/mol. The van der Waals surface area contributed by atoms with Crippen LogP contribution in [-0.2, 0) is 22.6 Å². The maximum atomic E-state index is 12.4. The first-order valence-electron chi connectivity index (χ1n) is 9.74. The molecule has 0 bridgehead atoms. The third-order valence-corrected chi connectivity index (χ3v) is 5.53. The number of aliphatic hydroxyl groups excluding tert-OH is 1. The average molecular weight is 367 g/mol. The summed E-state index contributed by atoms with van der Waals surface area (Å²) in [6.07, 6.45) is 0.646. The number of carbonyl (C=O) groups excluding carboxylic acids is 1. The molecule has 0 radical (unpaired) electrons. The summed E-state index contributed by atoms with van der Waals surface area (Å²) in [5, 5.41) is 11.1. The zero-order valence-electron chi connectivity index (χ0n) is 16.2. The van der Waals surface area contributed by atoms with E-state index in [2.05, 4.69) is 29.2 Å². The Morgan fingerprint density at radius 3 is 1.93 bits per heavy atom. The molecule has 2 atom stereocenters. The lowest BCUT2D eigenvalue weighted by atomic mass is 9.92. The molecule has 144 valence electrons. The van der Waals surface area contributed by atoms with Crippen molar-refractivity contribution in [2.75, 3.05) is 6.61 Å². The lowest BCUT2D eigenvalue weighted by Crippen LogP contribution is -2.47. The van der Waals surface area contributed by atoms with Crippen molar-refractivity contribution in [2.24, 2.45) is 5.41 Å². The Morgan fingerprint density at radius 2 is 1.52 bits per heavy atom. The van der Waals surface area contributed by atoms with Crippen LogP contribution in [0.25, 0.3) is 0 Å². The van der Waals surface area contributed by atoms with E-state index < -0.39 is 11.5 Å². The van der Waals surface area contributed by atoms with E-state index in [0.717, 1.165) is 0 Å². The van der Waals surface area contributed by atoms with Gasteiger partial charge in [0.1, 0.15) is 0 Å². The molecule has 1 aliphatic rings. The molecule has 3 rings (SSSR count). The van der Waals surface area contributed by atoms with Crippen molar-refractivity contribution < 1.29 is 14.6 Å². The van der Waals surface area contributed by atoms with Gasteiger partial charge in [0.05, 0.1) is 18.1 Å². The fourth-order valence-electron chi connectivity index (χ4n) is 3.67. The minimum absolute atomic E-state index is 0.169. The largest absolute Gasteiger partial charge is 0.465 e. The van der Waals surface area contributed by atoms with Gasteiger partial charge in [0, 0.05) is 19.1 Å². The highest BCUT2D eigenvalue weighted by molar-refractivity contribution is 5.80. The number of rotatable bonds is 9. The van der Waals surface area contributed by atoms with Gasteiger partial charge in [-0.3, -0.25) is 9.69 Å². The predicted molar refractivity (Wildman–Crippen MR) is 106 cm³/mol. The van der Waals surface area contributed by atoms with Crippen molar-refractivity contribution in [3.8, 4) is 0 Å². The summed E-state index contributed by atoms with van der Waals surface area (Å²) in [5.74, 6) is -0.260. The molecule has 2 unspecified atom stereocenters. The zero-order chi connectivity index (χ0) is 19.3. The summed E-state index contributed by atoms with van der Waals surface area (Å²) in [6, 6.07) is 20.3. The number of carbonyl (C=O) groups is 1. The highest BCUT2D eigenvalue weighted by Crippen LogP contribution is 2.51. The van der Waals surface area contributed by atoms with Crippen LogP contribution in [-0.4, -0.2) is 34.7 Å². The van der Waals surface area contributed by atoms with Gasteiger partial charge in [0.2, 0.25) is 0 Å². The molecular weight excluding hydrogens is 338 g/mol. The van der Waals surface area contributed by atoms with E-state index in [4.69, 9.17) is 4.74 Å². The minimum Gasteiger partial charge on any atom is -0.465 e. The Bertz CT molecular complexity index is 686. The molecule has 27 heavy (non-hydrogen) atoms. The molecule has 0 aromatic heterocycles. The molecule has 0 aliphatic heterocycles. The van der Waals surface area contributed by atoms with Crippen molar-refractivity contribution in [1.82, 2.24) is 4.90 Å². The second-order valence-corrected chi connectivity index (χ2v) is 7.44. The van der Waals surface area contributed by atoms with Crippen LogP contribution in [0.1, 0.15) is 37.8 Å². The molecule has 1 N–H and O–H groups in total. The summed E-state index contributed by atoms with van der Waals surface area (Å²) >= 11 is 0. The zero-order valence-corrected chi connectivity index (χ0v) is 16.2. The van der Waals surface area contributed by atoms with Gasteiger partial charge >= 0.3 is 5.97 Å². The topological polar surface area (TPSA) is 49.8 Å². The Hall–Kier alpha value is -2.17. The Labute approximate surface area is 161 Å². The van der Waals surface area contributed by atoms with Crippen molar-refractivity contribution in [3.05, 3.63) is 71.8 Å². The van der Waals surface area contributed by atoms with Gasteiger partial charge in [-0.25, -0.2) is 0 Å². The number of hydrogen-bond acceptors (Lipinski definition) is 4. The second kappa shape index (κ2) is 8.68. The maximum absolute atomic E-state index is 12.4. The van der Waals surface area contributed by atoms with Crippen molar-refractivity contribution in [2.45, 2.75) is 51.9 Å². The van der Waals surface area contributed by atoms with E-state index in [1.165, 1.54) is 11.1 Å². The fraction of sp³-hybridized carbons (Fsp3) is 0.435. The van der Waals surface area contributed by atoms with Gasteiger partial charge in [-0.05, 0) is 37.8 Å². The van der Waals surface area contributed by atoms with E-state index >= 15 is 0 Å². The molecule has 1 fully saturated rings. The molecule has 0 spiro atoms. The smallest absolute Gasteiger partial charge is 0.314 e. The summed E-state index contributed by atoms with van der Waals surface area (Å²) < 4.78 is 5.24. The molecule has 4 heteroatoms. The Kier molecular flexibility index (Phi) is 6.30. The van der Waals surface area contributed by atoms with Gasteiger partial charge in [0.15, 0.2) is 0 Å². The average Bonchev–Trinajstić information content (AvgIpc) is 3.50. The third kappa shape index (κ3) is 4.57. The normalized spacial score (nSPS) is 17.3. The summed E-state index contributed by atoms with van der Waals surface area (Å²) in [6.45, 7) is 5.59. The number of hydrogen-bond donors (Lipinski definition) is 1. The van der Waals surface area contributed by atoms with Gasteiger partial charge in [-0.2, -0.15) is 0 Å². The van der Waals surface area contributed by atoms with Crippen LogP contribution in [0.15, 0.2) is 60.7 Å². The van der Waals surface area contributed by atoms with Crippen LogP contribution in [0.3, 0.4) is 0 Å².